The van der Waals surface area contributed by atoms with E-state index >= 15 is 0 Å². The van der Waals surface area contributed by atoms with Crippen LogP contribution in [0.1, 0.15) is 47.9 Å². The molecule has 0 fully saturated rings. The Morgan fingerprint density at radius 2 is 2.05 bits per heavy atom. The lowest BCUT2D eigenvalue weighted by Crippen LogP contribution is -2.36. The Morgan fingerprint density at radius 1 is 1.24 bits per heavy atom. The van der Waals surface area contributed by atoms with Crippen LogP contribution in [0, 0.1) is 6.92 Å². The van der Waals surface area contributed by atoms with E-state index in [9.17, 15) is 18.3 Å². The van der Waals surface area contributed by atoms with Gasteiger partial charge >= 0.3 is 5.97 Å². The third-order valence-corrected chi connectivity index (χ3v) is 10.8. The number of carboxylic acids is 1. The standard InChI is InChI=1S/C29H28ClN5O5S2/c1-4-20-15-35(42(38,39)24-7-8-25(30)31-29(24)40-20)14-19-12-18(11-17-9-10-41-28(17)19)22(13-26(36)37)21-5-6-23-27(16(21)2)32-33-34(23)3/h5-12,20,22H,4,13-15H2,1-3H3,(H,36,37)/t20-,22-/m1/s1. The number of rotatable bonds is 7. The summed E-state index contributed by atoms with van der Waals surface area (Å²) in [5, 5.41) is 21.4. The van der Waals surface area contributed by atoms with E-state index in [1.165, 1.54) is 27.8 Å². The van der Waals surface area contributed by atoms with Crippen LogP contribution >= 0.6 is 22.9 Å². The fourth-order valence-electron chi connectivity index (χ4n) is 5.61. The van der Waals surface area contributed by atoms with E-state index in [0.717, 1.165) is 43.4 Å². The van der Waals surface area contributed by atoms with E-state index in [1.54, 1.807) is 4.68 Å². The first-order chi connectivity index (χ1) is 20.1. The zero-order valence-electron chi connectivity index (χ0n) is 23.1. The molecule has 5 aromatic rings. The Bertz CT molecular complexity index is 1950. The van der Waals surface area contributed by atoms with Gasteiger partial charge in [0, 0.05) is 24.2 Å². The smallest absolute Gasteiger partial charge is 0.304 e. The van der Waals surface area contributed by atoms with Gasteiger partial charge in [-0.3, -0.25) is 4.79 Å². The van der Waals surface area contributed by atoms with Crippen molar-refractivity contribution in [3.63, 3.8) is 0 Å². The number of hydrogen-bond acceptors (Lipinski definition) is 8. The molecule has 3 aromatic heterocycles. The maximum absolute atomic E-state index is 13.9. The highest BCUT2D eigenvalue weighted by Crippen LogP contribution is 2.39. The number of halogens is 1. The van der Waals surface area contributed by atoms with Crippen molar-refractivity contribution in [1.82, 2.24) is 24.3 Å². The molecule has 13 heteroatoms. The summed E-state index contributed by atoms with van der Waals surface area (Å²) in [6.07, 6.45) is 0.00360. The molecule has 0 saturated heterocycles. The fraction of sp³-hybridized carbons (Fsp3) is 0.310. The summed E-state index contributed by atoms with van der Waals surface area (Å²) >= 11 is 7.58. The van der Waals surface area contributed by atoms with Crippen LogP contribution in [-0.4, -0.2) is 56.4 Å². The molecule has 218 valence electrons. The molecule has 42 heavy (non-hydrogen) atoms. The average Bonchev–Trinajstić information content (AvgIpc) is 3.55. The lowest BCUT2D eigenvalue weighted by Gasteiger charge is -2.24. The van der Waals surface area contributed by atoms with Gasteiger partial charge in [0.25, 0.3) is 0 Å². The minimum atomic E-state index is -3.98. The maximum atomic E-state index is 13.9. The first-order valence-electron chi connectivity index (χ1n) is 13.4. The van der Waals surface area contributed by atoms with Gasteiger partial charge in [-0.1, -0.05) is 35.9 Å². The van der Waals surface area contributed by atoms with Gasteiger partial charge in [-0.25, -0.2) is 18.1 Å². The van der Waals surface area contributed by atoms with E-state index in [2.05, 4.69) is 15.3 Å². The topological polar surface area (TPSA) is 128 Å². The lowest BCUT2D eigenvalue weighted by molar-refractivity contribution is -0.137. The molecule has 0 saturated carbocycles. The Hall–Kier alpha value is -3.58. The number of aromatic nitrogens is 4. The highest BCUT2D eigenvalue weighted by atomic mass is 35.5. The number of carboxylic acid groups (broad SMARTS) is 1. The molecule has 0 spiro atoms. The minimum Gasteiger partial charge on any atom is -0.481 e. The molecule has 6 rings (SSSR count). The number of nitrogens with zero attached hydrogens (tertiary/aromatic N) is 5. The van der Waals surface area contributed by atoms with Crippen molar-refractivity contribution in [2.75, 3.05) is 6.54 Å². The van der Waals surface area contributed by atoms with Crippen LogP contribution in [0.4, 0.5) is 0 Å². The summed E-state index contributed by atoms with van der Waals surface area (Å²) in [4.78, 5) is 16.3. The predicted octanol–water partition coefficient (Wildman–Crippen LogP) is 5.51. The second kappa shape index (κ2) is 10.9. The number of sulfonamides is 1. The normalized spacial score (nSPS) is 17.6. The fourth-order valence-corrected chi connectivity index (χ4v) is 8.14. The minimum absolute atomic E-state index is 0.00303. The van der Waals surface area contributed by atoms with E-state index in [1.807, 2.05) is 56.6 Å². The number of aliphatic carboxylic acids is 1. The quantitative estimate of drug-likeness (QED) is 0.235. The molecule has 10 nitrogen and oxygen atoms in total. The SMILES string of the molecule is CC[C@@H]1CN(Cc2cc([C@@H](CC(=O)O)c3ccc4c(nnn4C)c3C)cc3ccsc23)S(=O)(=O)c2ccc(Cl)nc2O1. The van der Waals surface area contributed by atoms with Gasteiger partial charge in [0.15, 0.2) is 0 Å². The van der Waals surface area contributed by atoms with Crippen molar-refractivity contribution in [3.8, 4) is 5.88 Å². The molecule has 0 radical (unpaired) electrons. The molecule has 0 aliphatic carbocycles. The maximum Gasteiger partial charge on any atom is 0.304 e. The zero-order chi connectivity index (χ0) is 29.8. The van der Waals surface area contributed by atoms with Crippen molar-refractivity contribution in [3.05, 3.63) is 75.3 Å². The second-order valence-corrected chi connectivity index (χ2v) is 13.6. The van der Waals surface area contributed by atoms with Gasteiger partial charge in [-0.15, -0.1) is 16.4 Å². The molecular formula is C29H28ClN5O5S2. The first-order valence-corrected chi connectivity index (χ1v) is 16.1. The summed E-state index contributed by atoms with van der Waals surface area (Å²) in [6, 6.07) is 12.6. The molecule has 4 heterocycles. The van der Waals surface area contributed by atoms with E-state index in [4.69, 9.17) is 16.3 Å². The van der Waals surface area contributed by atoms with Crippen LogP contribution in [0.3, 0.4) is 0 Å². The first kappa shape index (κ1) is 28.5. The molecule has 0 bridgehead atoms. The van der Waals surface area contributed by atoms with E-state index in [-0.39, 0.29) is 35.4 Å². The van der Waals surface area contributed by atoms with Gasteiger partial charge in [-0.2, -0.15) is 4.31 Å². The van der Waals surface area contributed by atoms with Gasteiger partial charge in [0.1, 0.15) is 21.7 Å². The van der Waals surface area contributed by atoms with Crippen molar-refractivity contribution in [2.45, 2.75) is 50.2 Å². The van der Waals surface area contributed by atoms with Gasteiger partial charge < -0.3 is 9.84 Å². The predicted molar refractivity (Wildman–Crippen MR) is 161 cm³/mol. The molecule has 1 aliphatic heterocycles. The Morgan fingerprint density at radius 3 is 2.81 bits per heavy atom. The second-order valence-electron chi connectivity index (χ2n) is 10.4. The van der Waals surface area contributed by atoms with Crippen molar-refractivity contribution in [2.24, 2.45) is 7.05 Å². The highest BCUT2D eigenvalue weighted by molar-refractivity contribution is 7.89. The van der Waals surface area contributed by atoms with Crippen molar-refractivity contribution < 1.29 is 23.1 Å². The summed E-state index contributed by atoms with van der Waals surface area (Å²) in [6.45, 7) is 4.07. The molecule has 2 aromatic carbocycles. The van der Waals surface area contributed by atoms with Gasteiger partial charge in [0.05, 0.1) is 18.5 Å². The third kappa shape index (κ3) is 5.02. The van der Waals surface area contributed by atoms with Crippen LogP contribution in [0.25, 0.3) is 21.1 Å². The summed E-state index contributed by atoms with van der Waals surface area (Å²) in [5.74, 6) is -1.42. The van der Waals surface area contributed by atoms with Crippen LogP contribution in [-0.2, 0) is 28.4 Å². The monoisotopic (exact) mass is 625 g/mol. The van der Waals surface area contributed by atoms with E-state index < -0.39 is 28.0 Å². The van der Waals surface area contributed by atoms with Crippen molar-refractivity contribution in [1.29, 1.82) is 0 Å². The number of thiophene rings is 1. The molecule has 1 aliphatic rings. The van der Waals surface area contributed by atoms with Crippen LogP contribution in [0.2, 0.25) is 5.15 Å². The van der Waals surface area contributed by atoms with Crippen LogP contribution in [0.5, 0.6) is 5.88 Å². The number of hydrogen-bond donors (Lipinski definition) is 1. The van der Waals surface area contributed by atoms with Crippen molar-refractivity contribution >= 4 is 60.0 Å². The number of benzene rings is 2. The third-order valence-electron chi connectivity index (χ3n) is 7.78. The average molecular weight is 626 g/mol. The molecule has 1 N–H and O–H groups in total. The zero-order valence-corrected chi connectivity index (χ0v) is 25.5. The Balaban J connectivity index is 1.47. The Labute approximate surface area is 251 Å². The number of aryl methyl sites for hydroxylation is 2. The molecule has 0 unspecified atom stereocenters. The molecule has 0 amide bonds. The number of pyridine rings is 1. The van der Waals surface area contributed by atoms with Crippen LogP contribution < -0.4 is 4.74 Å². The summed E-state index contributed by atoms with van der Waals surface area (Å²) in [7, 11) is -2.17. The molecule has 2 atom stereocenters. The summed E-state index contributed by atoms with van der Waals surface area (Å²) < 4.78 is 37.8. The van der Waals surface area contributed by atoms with Gasteiger partial charge in [-0.05, 0) is 76.7 Å². The van der Waals surface area contributed by atoms with E-state index in [0.29, 0.717) is 6.42 Å². The highest BCUT2D eigenvalue weighted by Gasteiger charge is 2.36. The Kier molecular flexibility index (Phi) is 7.42. The largest absolute Gasteiger partial charge is 0.481 e. The van der Waals surface area contributed by atoms with Crippen LogP contribution in [0.15, 0.2) is 52.7 Å². The lowest BCUT2D eigenvalue weighted by atomic mass is 9.84. The number of carbonyl (C=O) groups is 1. The molecular weight excluding hydrogens is 598 g/mol. The summed E-state index contributed by atoms with van der Waals surface area (Å²) in [5.41, 5.74) is 4.85. The van der Waals surface area contributed by atoms with Gasteiger partial charge in [0.2, 0.25) is 15.9 Å². The number of fused-ring (bicyclic) bond motifs is 3. The number of ether oxygens (including phenoxy) is 1.